The molecule has 2 aromatic heterocycles. The van der Waals surface area contributed by atoms with Crippen LogP contribution in [0, 0.1) is 0 Å². The van der Waals surface area contributed by atoms with Gasteiger partial charge in [-0.15, -0.1) is 0 Å². The molecule has 2 aromatic rings. The summed E-state index contributed by atoms with van der Waals surface area (Å²) in [5.41, 5.74) is 2.70. The van der Waals surface area contributed by atoms with Crippen LogP contribution in [0.4, 0.5) is 0 Å². The standard InChI is InChI=1S/C13H19N3S/c1-3-14-13(11-7-9-17-10-11)5-4-12-6-8-15-16(12)2/h6-10,13-14H,3-5H2,1-2H3. The fourth-order valence-electron chi connectivity index (χ4n) is 2.05. The lowest BCUT2D eigenvalue weighted by molar-refractivity contribution is 0.507. The molecule has 0 aromatic carbocycles. The van der Waals surface area contributed by atoms with Crippen molar-refractivity contribution in [2.75, 3.05) is 6.54 Å². The summed E-state index contributed by atoms with van der Waals surface area (Å²) in [4.78, 5) is 0. The summed E-state index contributed by atoms with van der Waals surface area (Å²) in [7, 11) is 2.00. The lowest BCUT2D eigenvalue weighted by Crippen LogP contribution is -2.21. The molecule has 1 N–H and O–H groups in total. The molecule has 17 heavy (non-hydrogen) atoms. The normalized spacial score (nSPS) is 12.8. The fraction of sp³-hybridized carbons (Fsp3) is 0.462. The van der Waals surface area contributed by atoms with Crippen LogP contribution in [-0.4, -0.2) is 16.3 Å². The van der Waals surface area contributed by atoms with Crippen molar-refractivity contribution in [3.8, 4) is 0 Å². The van der Waals surface area contributed by atoms with Crippen LogP contribution < -0.4 is 5.32 Å². The Balaban J connectivity index is 1.97. The molecule has 0 aliphatic heterocycles. The Morgan fingerprint density at radius 3 is 2.94 bits per heavy atom. The Kier molecular flexibility index (Phi) is 4.34. The lowest BCUT2D eigenvalue weighted by atomic mass is 10.0. The summed E-state index contributed by atoms with van der Waals surface area (Å²) < 4.78 is 1.95. The third kappa shape index (κ3) is 3.17. The zero-order valence-corrected chi connectivity index (χ0v) is 11.2. The summed E-state index contributed by atoms with van der Waals surface area (Å²) in [6.45, 7) is 3.16. The van der Waals surface area contributed by atoms with E-state index in [1.54, 1.807) is 11.3 Å². The number of aryl methyl sites for hydroxylation is 2. The molecule has 2 rings (SSSR count). The molecule has 1 atom stereocenters. The van der Waals surface area contributed by atoms with Crippen molar-refractivity contribution in [2.24, 2.45) is 7.05 Å². The first-order valence-electron chi connectivity index (χ1n) is 6.03. The van der Waals surface area contributed by atoms with Crippen LogP contribution in [0.3, 0.4) is 0 Å². The summed E-state index contributed by atoms with van der Waals surface area (Å²) in [5, 5.41) is 12.1. The first-order valence-corrected chi connectivity index (χ1v) is 6.98. The molecule has 0 aliphatic rings. The SMILES string of the molecule is CCNC(CCc1ccnn1C)c1ccsc1. The molecule has 0 aliphatic carbocycles. The van der Waals surface area contributed by atoms with Gasteiger partial charge in [-0.3, -0.25) is 4.68 Å². The van der Waals surface area contributed by atoms with Crippen LogP contribution >= 0.6 is 11.3 Å². The highest BCUT2D eigenvalue weighted by Crippen LogP contribution is 2.21. The fourth-order valence-corrected chi connectivity index (χ4v) is 2.76. The molecule has 0 saturated heterocycles. The van der Waals surface area contributed by atoms with Crippen LogP contribution in [0.25, 0.3) is 0 Å². The maximum Gasteiger partial charge on any atom is 0.0492 e. The second kappa shape index (κ2) is 5.98. The molecule has 4 heteroatoms. The molecule has 0 spiro atoms. The molecule has 3 nitrogen and oxygen atoms in total. The molecule has 0 saturated carbocycles. The van der Waals surface area contributed by atoms with Crippen molar-refractivity contribution in [2.45, 2.75) is 25.8 Å². The first kappa shape index (κ1) is 12.3. The number of hydrogen-bond donors (Lipinski definition) is 1. The Morgan fingerprint density at radius 2 is 2.35 bits per heavy atom. The van der Waals surface area contributed by atoms with Gasteiger partial charge in [-0.2, -0.15) is 16.4 Å². The third-order valence-corrected chi connectivity index (χ3v) is 3.71. The minimum absolute atomic E-state index is 0.459. The van der Waals surface area contributed by atoms with E-state index in [-0.39, 0.29) is 0 Å². The minimum Gasteiger partial charge on any atom is -0.310 e. The summed E-state index contributed by atoms with van der Waals surface area (Å²) in [6, 6.07) is 4.76. The van der Waals surface area contributed by atoms with Gasteiger partial charge in [-0.1, -0.05) is 6.92 Å². The maximum atomic E-state index is 4.20. The molecular formula is C13H19N3S. The molecule has 1 unspecified atom stereocenters. The molecule has 92 valence electrons. The minimum atomic E-state index is 0.459. The van der Waals surface area contributed by atoms with Gasteiger partial charge in [0, 0.05) is 25.0 Å². The molecular weight excluding hydrogens is 230 g/mol. The largest absolute Gasteiger partial charge is 0.310 e. The van der Waals surface area contributed by atoms with E-state index in [0.717, 1.165) is 19.4 Å². The van der Waals surface area contributed by atoms with Gasteiger partial charge in [0.1, 0.15) is 0 Å². The van der Waals surface area contributed by atoms with Gasteiger partial charge in [0.15, 0.2) is 0 Å². The zero-order valence-electron chi connectivity index (χ0n) is 10.4. The van der Waals surface area contributed by atoms with E-state index in [1.807, 2.05) is 17.9 Å². The second-order valence-electron chi connectivity index (χ2n) is 4.15. The lowest BCUT2D eigenvalue weighted by Gasteiger charge is -2.16. The zero-order chi connectivity index (χ0) is 12.1. The van der Waals surface area contributed by atoms with Crippen molar-refractivity contribution in [1.82, 2.24) is 15.1 Å². The van der Waals surface area contributed by atoms with Crippen LogP contribution in [0.5, 0.6) is 0 Å². The number of aromatic nitrogens is 2. The van der Waals surface area contributed by atoms with Crippen LogP contribution in [-0.2, 0) is 13.5 Å². The van der Waals surface area contributed by atoms with E-state index < -0.39 is 0 Å². The van der Waals surface area contributed by atoms with Crippen molar-refractivity contribution in [3.63, 3.8) is 0 Å². The van der Waals surface area contributed by atoms with E-state index in [1.165, 1.54) is 11.3 Å². The molecule has 0 amide bonds. The highest BCUT2D eigenvalue weighted by atomic mass is 32.1. The predicted molar refractivity (Wildman–Crippen MR) is 72.3 cm³/mol. The van der Waals surface area contributed by atoms with Gasteiger partial charge in [0.2, 0.25) is 0 Å². The van der Waals surface area contributed by atoms with Gasteiger partial charge in [-0.05, 0) is 47.8 Å². The van der Waals surface area contributed by atoms with Crippen molar-refractivity contribution >= 4 is 11.3 Å². The summed E-state index contributed by atoms with van der Waals surface area (Å²) >= 11 is 1.76. The van der Waals surface area contributed by atoms with E-state index in [2.05, 4.69) is 40.2 Å². The predicted octanol–water partition coefficient (Wildman–Crippen LogP) is 2.77. The number of hydrogen-bond acceptors (Lipinski definition) is 3. The molecule has 2 heterocycles. The van der Waals surface area contributed by atoms with Crippen molar-refractivity contribution in [1.29, 1.82) is 0 Å². The van der Waals surface area contributed by atoms with Crippen molar-refractivity contribution in [3.05, 3.63) is 40.3 Å². The highest BCUT2D eigenvalue weighted by molar-refractivity contribution is 7.07. The van der Waals surface area contributed by atoms with E-state index in [4.69, 9.17) is 0 Å². The summed E-state index contributed by atoms with van der Waals surface area (Å²) in [6.07, 6.45) is 4.04. The Hall–Kier alpha value is -1.13. The maximum absolute atomic E-state index is 4.20. The quantitative estimate of drug-likeness (QED) is 0.853. The topological polar surface area (TPSA) is 29.9 Å². The Morgan fingerprint density at radius 1 is 1.47 bits per heavy atom. The van der Waals surface area contributed by atoms with Gasteiger partial charge in [0.05, 0.1) is 0 Å². The summed E-state index contributed by atoms with van der Waals surface area (Å²) in [5.74, 6) is 0. The van der Waals surface area contributed by atoms with Crippen LogP contribution in [0.15, 0.2) is 29.1 Å². The van der Waals surface area contributed by atoms with E-state index in [9.17, 15) is 0 Å². The average Bonchev–Trinajstić information content (AvgIpc) is 2.96. The Bertz CT molecular complexity index is 433. The van der Waals surface area contributed by atoms with Crippen molar-refractivity contribution < 1.29 is 0 Å². The van der Waals surface area contributed by atoms with Crippen LogP contribution in [0.1, 0.15) is 30.6 Å². The number of rotatable bonds is 6. The van der Waals surface area contributed by atoms with Gasteiger partial charge in [-0.25, -0.2) is 0 Å². The van der Waals surface area contributed by atoms with Gasteiger partial charge < -0.3 is 5.32 Å². The average molecular weight is 249 g/mol. The van der Waals surface area contributed by atoms with E-state index >= 15 is 0 Å². The smallest absolute Gasteiger partial charge is 0.0492 e. The molecule has 0 bridgehead atoms. The number of thiophene rings is 1. The first-order chi connectivity index (χ1) is 8.31. The second-order valence-corrected chi connectivity index (χ2v) is 4.93. The van der Waals surface area contributed by atoms with Crippen LogP contribution in [0.2, 0.25) is 0 Å². The molecule has 0 fully saturated rings. The Labute approximate surface area is 106 Å². The monoisotopic (exact) mass is 249 g/mol. The van der Waals surface area contributed by atoms with Gasteiger partial charge >= 0.3 is 0 Å². The number of nitrogens with one attached hydrogen (secondary N) is 1. The highest BCUT2D eigenvalue weighted by Gasteiger charge is 2.11. The van der Waals surface area contributed by atoms with Gasteiger partial charge in [0.25, 0.3) is 0 Å². The third-order valence-electron chi connectivity index (χ3n) is 3.01. The van der Waals surface area contributed by atoms with E-state index in [0.29, 0.717) is 6.04 Å². The number of nitrogens with zero attached hydrogens (tertiary/aromatic N) is 2. The molecule has 0 radical (unpaired) electrons.